The van der Waals surface area contributed by atoms with Gasteiger partial charge in [0.05, 0.1) is 0 Å². The minimum Gasteiger partial charge on any atom is -0.480 e. The van der Waals surface area contributed by atoms with Gasteiger partial charge in [-0.05, 0) is 23.8 Å². The third-order valence-electron chi connectivity index (χ3n) is 2.74. The van der Waals surface area contributed by atoms with Gasteiger partial charge in [0.1, 0.15) is 12.1 Å². The number of azide groups is 1. The summed E-state index contributed by atoms with van der Waals surface area (Å²) in [4.78, 5) is 37.7. The van der Waals surface area contributed by atoms with Crippen LogP contribution in [0.2, 0.25) is 0 Å². The van der Waals surface area contributed by atoms with Crippen molar-refractivity contribution in [3.8, 4) is 0 Å². The smallest absolute Gasteiger partial charge is 0.326 e. The average Bonchev–Trinajstić information content (AvgIpc) is 2.34. The Labute approximate surface area is 117 Å². The molecule has 2 atom stereocenters. The number of carboxylic acid groups (broad SMARTS) is 1. The number of amides is 2. The van der Waals surface area contributed by atoms with E-state index in [9.17, 15) is 14.4 Å². The maximum atomic E-state index is 12.2. The zero-order chi connectivity index (χ0) is 15.9. The SMILES string of the molecule is CC(C)C[C@@H](C(=O)O)N(C=O)C(=O)[C@@H](N=[N+]=[N-])C(C)C. The van der Waals surface area contributed by atoms with E-state index in [0.29, 0.717) is 4.90 Å². The molecule has 2 amide bonds. The molecule has 112 valence electrons. The van der Waals surface area contributed by atoms with E-state index in [-0.39, 0.29) is 24.7 Å². The van der Waals surface area contributed by atoms with Crippen molar-refractivity contribution in [3.63, 3.8) is 0 Å². The van der Waals surface area contributed by atoms with Crippen LogP contribution in [0.15, 0.2) is 5.11 Å². The minimum atomic E-state index is -1.26. The van der Waals surface area contributed by atoms with Crippen LogP contribution < -0.4 is 0 Å². The van der Waals surface area contributed by atoms with Crippen LogP contribution in [-0.2, 0) is 14.4 Å². The lowest BCUT2D eigenvalue weighted by Gasteiger charge is -2.27. The molecule has 0 aromatic heterocycles. The van der Waals surface area contributed by atoms with Crippen LogP contribution in [0.5, 0.6) is 0 Å². The zero-order valence-electron chi connectivity index (χ0n) is 12.1. The van der Waals surface area contributed by atoms with E-state index in [1.54, 1.807) is 27.7 Å². The molecule has 0 unspecified atom stereocenters. The van der Waals surface area contributed by atoms with E-state index >= 15 is 0 Å². The molecule has 0 saturated heterocycles. The van der Waals surface area contributed by atoms with Crippen LogP contribution in [0.25, 0.3) is 10.4 Å². The number of nitrogens with zero attached hydrogens (tertiary/aromatic N) is 4. The molecule has 0 bridgehead atoms. The average molecular weight is 284 g/mol. The summed E-state index contributed by atoms with van der Waals surface area (Å²) < 4.78 is 0. The molecule has 0 spiro atoms. The number of aliphatic carboxylic acids is 1. The predicted octanol–water partition coefficient (Wildman–Crippen LogP) is 1.81. The maximum Gasteiger partial charge on any atom is 0.326 e. The van der Waals surface area contributed by atoms with E-state index in [1.165, 1.54) is 0 Å². The van der Waals surface area contributed by atoms with Crippen molar-refractivity contribution < 1.29 is 19.5 Å². The highest BCUT2D eigenvalue weighted by molar-refractivity contribution is 5.94. The van der Waals surface area contributed by atoms with Crippen molar-refractivity contribution in [2.24, 2.45) is 17.0 Å². The molecule has 0 aliphatic rings. The van der Waals surface area contributed by atoms with Gasteiger partial charge in [0.25, 0.3) is 0 Å². The zero-order valence-corrected chi connectivity index (χ0v) is 12.1. The first-order valence-electron chi connectivity index (χ1n) is 6.30. The van der Waals surface area contributed by atoms with Gasteiger partial charge in [0.15, 0.2) is 0 Å². The monoisotopic (exact) mass is 284 g/mol. The Bertz CT molecular complexity index is 416. The van der Waals surface area contributed by atoms with Crippen LogP contribution in [-0.4, -0.2) is 40.4 Å². The first-order chi connectivity index (χ1) is 9.26. The topological polar surface area (TPSA) is 123 Å². The Morgan fingerprint density at radius 2 is 1.90 bits per heavy atom. The molecule has 0 aliphatic carbocycles. The third-order valence-corrected chi connectivity index (χ3v) is 2.74. The van der Waals surface area contributed by atoms with Gasteiger partial charge in [-0.2, -0.15) is 0 Å². The molecule has 0 aromatic rings. The van der Waals surface area contributed by atoms with Gasteiger partial charge >= 0.3 is 5.97 Å². The van der Waals surface area contributed by atoms with Gasteiger partial charge in [0, 0.05) is 4.91 Å². The quantitative estimate of drug-likeness (QED) is 0.316. The summed E-state index contributed by atoms with van der Waals surface area (Å²) in [6, 6.07) is -2.35. The van der Waals surface area contributed by atoms with E-state index < -0.39 is 24.0 Å². The second-order valence-corrected chi connectivity index (χ2v) is 5.23. The predicted molar refractivity (Wildman–Crippen MR) is 71.6 cm³/mol. The Kier molecular flexibility index (Phi) is 7.31. The highest BCUT2D eigenvalue weighted by atomic mass is 16.4. The van der Waals surface area contributed by atoms with Crippen LogP contribution >= 0.6 is 0 Å². The van der Waals surface area contributed by atoms with Gasteiger partial charge in [-0.1, -0.05) is 32.8 Å². The van der Waals surface area contributed by atoms with Crippen LogP contribution in [0.3, 0.4) is 0 Å². The van der Waals surface area contributed by atoms with Crippen molar-refractivity contribution in [1.82, 2.24) is 4.90 Å². The normalized spacial score (nSPS) is 13.5. The minimum absolute atomic E-state index is 0.0108. The van der Waals surface area contributed by atoms with Crippen LogP contribution in [0.1, 0.15) is 34.1 Å². The number of carboxylic acids is 1. The first-order valence-corrected chi connectivity index (χ1v) is 6.30. The fraction of sp³-hybridized carbons (Fsp3) is 0.750. The number of carbonyl (C=O) groups excluding carboxylic acids is 2. The van der Waals surface area contributed by atoms with Gasteiger partial charge < -0.3 is 5.11 Å². The lowest BCUT2D eigenvalue weighted by molar-refractivity contribution is -0.155. The van der Waals surface area contributed by atoms with Crippen LogP contribution in [0, 0.1) is 11.8 Å². The fourth-order valence-electron chi connectivity index (χ4n) is 1.74. The third kappa shape index (κ3) is 4.89. The summed E-state index contributed by atoms with van der Waals surface area (Å²) in [6.45, 7) is 6.88. The largest absolute Gasteiger partial charge is 0.480 e. The standard InChI is InChI=1S/C12H20N4O4/c1-7(2)5-9(12(19)20)16(6-17)11(18)10(8(3)4)14-15-13/h6-10H,5H2,1-4H3,(H,19,20)/t9-,10-/m0/s1. The van der Waals surface area contributed by atoms with Crippen molar-refractivity contribution in [2.45, 2.75) is 46.2 Å². The highest BCUT2D eigenvalue weighted by Gasteiger charge is 2.34. The molecule has 0 fully saturated rings. The summed E-state index contributed by atoms with van der Waals surface area (Å²) in [5, 5.41) is 12.5. The molecule has 0 aromatic carbocycles. The van der Waals surface area contributed by atoms with Crippen molar-refractivity contribution >= 4 is 18.3 Å². The molecule has 0 radical (unpaired) electrons. The number of hydrogen-bond donors (Lipinski definition) is 1. The molecule has 1 N–H and O–H groups in total. The number of hydrogen-bond acceptors (Lipinski definition) is 4. The molecule has 0 aliphatic heterocycles. The number of rotatable bonds is 8. The van der Waals surface area contributed by atoms with Gasteiger partial charge in [0.2, 0.25) is 12.3 Å². The molecule has 8 nitrogen and oxygen atoms in total. The second kappa shape index (κ2) is 8.16. The lowest BCUT2D eigenvalue weighted by Crippen LogP contribution is -2.49. The Balaban J connectivity index is 5.39. The molecule has 8 heteroatoms. The van der Waals surface area contributed by atoms with Gasteiger partial charge in [-0.3, -0.25) is 14.5 Å². The summed E-state index contributed by atoms with van der Waals surface area (Å²) in [7, 11) is 0. The highest BCUT2D eigenvalue weighted by Crippen LogP contribution is 2.16. The fourth-order valence-corrected chi connectivity index (χ4v) is 1.74. The maximum absolute atomic E-state index is 12.2. The van der Waals surface area contributed by atoms with E-state index in [1.807, 2.05) is 0 Å². The Morgan fingerprint density at radius 3 is 2.20 bits per heavy atom. The molecule has 0 rings (SSSR count). The Hall–Kier alpha value is -2.08. The summed E-state index contributed by atoms with van der Waals surface area (Å²) >= 11 is 0. The summed E-state index contributed by atoms with van der Waals surface area (Å²) in [5.74, 6) is -2.40. The van der Waals surface area contributed by atoms with Crippen molar-refractivity contribution in [3.05, 3.63) is 10.4 Å². The Morgan fingerprint density at radius 1 is 1.35 bits per heavy atom. The van der Waals surface area contributed by atoms with E-state index in [0.717, 1.165) is 0 Å². The summed E-state index contributed by atoms with van der Waals surface area (Å²) in [5.41, 5.74) is 8.47. The van der Waals surface area contributed by atoms with Crippen molar-refractivity contribution in [1.29, 1.82) is 0 Å². The van der Waals surface area contributed by atoms with Gasteiger partial charge in [-0.15, -0.1) is 0 Å². The van der Waals surface area contributed by atoms with E-state index in [4.69, 9.17) is 10.6 Å². The van der Waals surface area contributed by atoms with Crippen LogP contribution in [0.4, 0.5) is 0 Å². The number of carbonyl (C=O) groups is 3. The lowest BCUT2D eigenvalue weighted by atomic mass is 9.99. The molecular weight excluding hydrogens is 264 g/mol. The van der Waals surface area contributed by atoms with Crippen molar-refractivity contribution in [2.75, 3.05) is 0 Å². The second-order valence-electron chi connectivity index (χ2n) is 5.23. The summed E-state index contributed by atoms with van der Waals surface area (Å²) in [6.07, 6.45) is 0.326. The van der Waals surface area contributed by atoms with E-state index in [2.05, 4.69) is 10.0 Å². The number of imide groups is 1. The molecule has 0 heterocycles. The van der Waals surface area contributed by atoms with Gasteiger partial charge in [-0.25, -0.2) is 4.79 Å². The first kappa shape index (κ1) is 17.9. The molecular formula is C12H20N4O4. The molecule has 20 heavy (non-hydrogen) atoms. The molecule has 0 saturated carbocycles.